The Kier molecular flexibility index (Phi) is 3.28. The van der Waals surface area contributed by atoms with Gasteiger partial charge in [-0.3, -0.25) is 4.79 Å². The molecule has 1 atom stereocenters. The third-order valence-electron chi connectivity index (χ3n) is 3.30. The highest BCUT2D eigenvalue weighted by molar-refractivity contribution is 5.96. The number of benzene rings is 1. The molecule has 2 heteroatoms. The predicted molar refractivity (Wildman–Crippen MR) is 66.6 cm³/mol. The predicted octanol–water partition coefficient (Wildman–Crippen LogP) is 3.01. The Labute approximate surface area is 97.3 Å². The zero-order valence-electron chi connectivity index (χ0n) is 10.1. The van der Waals surface area contributed by atoms with Crippen LogP contribution in [0.3, 0.4) is 0 Å². The highest BCUT2D eigenvalue weighted by Crippen LogP contribution is 2.29. The molecule has 0 saturated carbocycles. The molecule has 0 radical (unpaired) electrons. The van der Waals surface area contributed by atoms with Crippen LogP contribution in [0.4, 0.5) is 5.69 Å². The van der Waals surface area contributed by atoms with Crippen LogP contribution in [0, 0.1) is 5.92 Å². The van der Waals surface area contributed by atoms with E-state index in [-0.39, 0.29) is 11.8 Å². The molecule has 0 N–H and O–H groups in total. The smallest absolute Gasteiger partial charge is 0.229 e. The molecule has 0 saturated heterocycles. The van der Waals surface area contributed by atoms with Crippen LogP contribution in [0.25, 0.3) is 0 Å². The summed E-state index contributed by atoms with van der Waals surface area (Å²) in [5.41, 5.74) is 2.43. The Balaban J connectivity index is 2.16. The molecule has 1 aromatic carbocycles. The molecule has 0 aliphatic carbocycles. The topological polar surface area (TPSA) is 20.3 Å². The van der Waals surface area contributed by atoms with Crippen molar-refractivity contribution >= 4 is 11.6 Å². The Morgan fingerprint density at radius 2 is 2.19 bits per heavy atom. The van der Waals surface area contributed by atoms with Crippen molar-refractivity contribution in [1.82, 2.24) is 0 Å². The van der Waals surface area contributed by atoms with Crippen molar-refractivity contribution in [3.63, 3.8) is 0 Å². The van der Waals surface area contributed by atoms with E-state index in [1.54, 1.807) is 0 Å². The lowest BCUT2D eigenvalue weighted by Gasteiger charge is -2.21. The maximum Gasteiger partial charge on any atom is 0.229 e. The molecule has 0 fully saturated rings. The van der Waals surface area contributed by atoms with E-state index in [1.165, 1.54) is 5.56 Å². The van der Waals surface area contributed by atoms with Crippen molar-refractivity contribution in [1.29, 1.82) is 0 Å². The molecule has 16 heavy (non-hydrogen) atoms. The Hall–Kier alpha value is -1.31. The van der Waals surface area contributed by atoms with Crippen molar-refractivity contribution in [3.05, 3.63) is 29.8 Å². The average molecular weight is 217 g/mol. The van der Waals surface area contributed by atoms with Crippen molar-refractivity contribution in [2.24, 2.45) is 5.92 Å². The van der Waals surface area contributed by atoms with E-state index in [2.05, 4.69) is 19.1 Å². The summed E-state index contributed by atoms with van der Waals surface area (Å²) in [5.74, 6) is 0.433. The average Bonchev–Trinajstić information content (AvgIpc) is 2.72. The van der Waals surface area contributed by atoms with Gasteiger partial charge < -0.3 is 4.90 Å². The summed E-state index contributed by atoms with van der Waals surface area (Å²) in [6.07, 6.45) is 3.06. The van der Waals surface area contributed by atoms with Gasteiger partial charge in [0.05, 0.1) is 0 Å². The molecule has 1 aliphatic rings. The van der Waals surface area contributed by atoms with Gasteiger partial charge in [-0.1, -0.05) is 38.5 Å². The first-order valence-electron chi connectivity index (χ1n) is 6.13. The van der Waals surface area contributed by atoms with Crippen LogP contribution in [0.15, 0.2) is 24.3 Å². The van der Waals surface area contributed by atoms with Gasteiger partial charge in [-0.2, -0.15) is 0 Å². The molecule has 1 amide bonds. The van der Waals surface area contributed by atoms with Gasteiger partial charge in [-0.05, 0) is 24.5 Å². The van der Waals surface area contributed by atoms with Gasteiger partial charge in [0.15, 0.2) is 0 Å². The summed E-state index contributed by atoms with van der Waals surface area (Å²) >= 11 is 0. The van der Waals surface area contributed by atoms with Crippen LogP contribution in [0.2, 0.25) is 0 Å². The number of rotatable bonds is 3. The minimum atomic E-state index is 0.149. The number of hydrogen-bond acceptors (Lipinski definition) is 1. The Bertz CT molecular complexity index is 386. The number of amides is 1. The zero-order valence-corrected chi connectivity index (χ0v) is 10.1. The normalized spacial score (nSPS) is 16.0. The maximum atomic E-state index is 12.2. The van der Waals surface area contributed by atoms with Crippen LogP contribution in [-0.2, 0) is 11.2 Å². The summed E-state index contributed by atoms with van der Waals surface area (Å²) in [6.45, 7) is 5.01. The second-order valence-electron chi connectivity index (χ2n) is 4.56. The van der Waals surface area contributed by atoms with Crippen molar-refractivity contribution in [2.75, 3.05) is 11.4 Å². The summed E-state index contributed by atoms with van der Waals surface area (Å²) in [6, 6.07) is 8.23. The highest BCUT2D eigenvalue weighted by Gasteiger charge is 2.26. The van der Waals surface area contributed by atoms with Crippen LogP contribution in [0.1, 0.15) is 32.3 Å². The van der Waals surface area contributed by atoms with Gasteiger partial charge in [0, 0.05) is 18.2 Å². The van der Waals surface area contributed by atoms with E-state index in [4.69, 9.17) is 0 Å². The van der Waals surface area contributed by atoms with Crippen LogP contribution in [-0.4, -0.2) is 12.5 Å². The van der Waals surface area contributed by atoms with Crippen molar-refractivity contribution in [3.8, 4) is 0 Å². The molecule has 0 bridgehead atoms. The molecule has 1 aliphatic heterocycles. The molecular formula is C14H19NO. The van der Waals surface area contributed by atoms with Gasteiger partial charge in [-0.15, -0.1) is 0 Å². The number of anilines is 1. The molecule has 2 rings (SSSR count). The number of para-hydroxylation sites is 1. The SMILES string of the molecule is CCC[C@@H](C)C(=O)N1CCc2ccccc21. The van der Waals surface area contributed by atoms with E-state index in [0.717, 1.165) is 31.5 Å². The monoisotopic (exact) mass is 217 g/mol. The molecule has 0 spiro atoms. The standard InChI is InChI=1S/C14H19NO/c1-3-6-11(2)14(16)15-10-9-12-7-4-5-8-13(12)15/h4-5,7-8,11H,3,6,9-10H2,1-2H3/t11-/m1/s1. The Morgan fingerprint density at radius 1 is 1.44 bits per heavy atom. The summed E-state index contributed by atoms with van der Waals surface area (Å²) in [4.78, 5) is 14.2. The lowest BCUT2D eigenvalue weighted by molar-refractivity contribution is -0.122. The second kappa shape index (κ2) is 4.69. The molecule has 86 valence electrons. The highest BCUT2D eigenvalue weighted by atomic mass is 16.2. The number of hydrogen-bond donors (Lipinski definition) is 0. The van der Waals surface area contributed by atoms with Gasteiger partial charge >= 0.3 is 0 Å². The molecule has 0 unspecified atom stereocenters. The lowest BCUT2D eigenvalue weighted by Crippen LogP contribution is -2.33. The molecule has 1 heterocycles. The maximum absolute atomic E-state index is 12.2. The summed E-state index contributed by atoms with van der Waals surface area (Å²) < 4.78 is 0. The first kappa shape index (κ1) is 11.2. The number of carbonyl (C=O) groups excluding carboxylic acids is 1. The van der Waals surface area contributed by atoms with Gasteiger partial charge in [0.1, 0.15) is 0 Å². The minimum Gasteiger partial charge on any atom is -0.312 e. The third-order valence-corrected chi connectivity index (χ3v) is 3.30. The fraction of sp³-hybridized carbons (Fsp3) is 0.500. The third kappa shape index (κ3) is 1.97. The lowest BCUT2D eigenvalue weighted by atomic mass is 10.0. The first-order valence-corrected chi connectivity index (χ1v) is 6.13. The molecular weight excluding hydrogens is 198 g/mol. The first-order chi connectivity index (χ1) is 7.74. The van der Waals surface area contributed by atoms with Gasteiger partial charge in [0.25, 0.3) is 0 Å². The van der Waals surface area contributed by atoms with Crippen LogP contribution in [0.5, 0.6) is 0 Å². The second-order valence-corrected chi connectivity index (χ2v) is 4.56. The molecule has 1 aromatic rings. The van der Waals surface area contributed by atoms with E-state index in [1.807, 2.05) is 24.0 Å². The van der Waals surface area contributed by atoms with Crippen LogP contribution >= 0.6 is 0 Å². The van der Waals surface area contributed by atoms with E-state index in [9.17, 15) is 4.79 Å². The number of fused-ring (bicyclic) bond motifs is 1. The van der Waals surface area contributed by atoms with Crippen LogP contribution < -0.4 is 4.90 Å². The Morgan fingerprint density at radius 3 is 2.94 bits per heavy atom. The molecule has 2 nitrogen and oxygen atoms in total. The van der Waals surface area contributed by atoms with Gasteiger partial charge in [0.2, 0.25) is 5.91 Å². The molecule has 0 aromatic heterocycles. The summed E-state index contributed by atoms with van der Waals surface area (Å²) in [7, 11) is 0. The minimum absolute atomic E-state index is 0.149. The largest absolute Gasteiger partial charge is 0.312 e. The number of nitrogens with zero attached hydrogens (tertiary/aromatic N) is 1. The van der Waals surface area contributed by atoms with E-state index in [0.29, 0.717) is 0 Å². The summed E-state index contributed by atoms with van der Waals surface area (Å²) in [5, 5.41) is 0. The fourth-order valence-electron chi connectivity index (χ4n) is 2.39. The van der Waals surface area contributed by atoms with E-state index < -0.39 is 0 Å². The number of carbonyl (C=O) groups is 1. The van der Waals surface area contributed by atoms with Crippen molar-refractivity contribution in [2.45, 2.75) is 33.1 Å². The van der Waals surface area contributed by atoms with Crippen molar-refractivity contribution < 1.29 is 4.79 Å². The zero-order chi connectivity index (χ0) is 11.5. The quantitative estimate of drug-likeness (QED) is 0.762. The van der Waals surface area contributed by atoms with E-state index >= 15 is 0 Å². The fourth-order valence-corrected chi connectivity index (χ4v) is 2.39. The van der Waals surface area contributed by atoms with Gasteiger partial charge in [-0.25, -0.2) is 0 Å².